The zero-order chi connectivity index (χ0) is 13.7. The fourth-order valence-electron chi connectivity index (χ4n) is 1.57. The van der Waals surface area contributed by atoms with Crippen molar-refractivity contribution in [3.8, 4) is 11.5 Å². The van der Waals surface area contributed by atoms with Gasteiger partial charge in [-0.2, -0.15) is 0 Å². The number of hydrogen-bond donors (Lipinski definition) is 2. The minimum Gasteiger partial charge on any atom is -0.503 e. The second-order valence-corrected chi connectivity index (χ2v) is 4.83. The number of ether oxygens (including phenoxy) is 1. The standard InChI is InChI=1S/C12H17BrN2O3/c1-14-11(16)7-15(2)6-8-4-9(13)12(17)10(5-8)18-3/h4-5,17H,6-7H2,1-3H3,(H,14,16). The number of phenolic OH excluding ortho intramolecular Hbond substituents is 1. The van der Waals surface area contributed by atoms with Gasteiger partial charge in [0, 0.05) is 13.6 Å². The number of halogens is 1. The number of nitrogens with zero attached hydrogens (tertiary/aromatic N) is 1. The highest BCUT2D eigenvalue weighted by molar-refractivity contribution is 9.10. The summed E-state index contributed by atoms with van der Waals surface area (Å²) in [4.78, 5) is 13.1. The maximum absolute atomic E-state index is 11.2. The van der Waals surface area contributed by atoms with Crippen LogP contribution in [0.2, 0.25) is 0 Å². The molecular weight excluding hydrogens is 300 g/mol. The van der Waals surface area contributed by atoms with Gasteiger partial charge >= 0.3 is 0 Å². The third-order valence-electron chi connectivity index (χ3n) is 2.45. The van der Waals surface area contributed by atoms with Crippen LogP contribution < -0.4 is 10.1 Å². The van der Waals surface area contributed by atoms with Gasteiger partial charge in [0.05, 0.1) is 18.1 Å². The molecule has 0 aliphatic carbocycles. The van der Waals surface area contributed by atoms with Crippen LogP contribution in [-0.4, -0.2) is 43.7 Å². The monoisotopic (exact) mass is 316 g/mol. The Balaban J connectivity index is 2.78. The number of nitrogens with one attached hydrogen (secondary N) is 1. The summed E-state index contributed by atoms with van der Waals surface area (Å²) >= 11 is 3.26. The Morgan fingerprint density at radius 2 is 2.22 bits per heavy atom. The van der Waals surface area contributed by atoms with Crippen molar-refractivity contribution < 1.29 is 14.6 Å². The molecule has 5 nitrogen and oxygen atoms in total. The van der Waals surface area contributed by atoms with Crippen LogP contribution in [0.3, 0.4) is 0 Å². The van der Waals surface area contributed by atoms with Crippen molar-refractivity contribution >= 4 is 21.8 Å². The topological polar surface area (TPSA) is 61.8 Å². The third kappa shape index (κ3) is 3.89. The Bertz CT molecular complexity index is 438. The molecule has 2 N–H and O–H groups in total. The van der Waals surface area contributed by atoms with Crippen molar-refractivity contribution in [3.63, 3.8) is 0 Å². The maximum atomic E-state index is 11.2. The van der Waals surface area contributed by atoms with Gasteiger partial charge in [-0.15, -0.1) is 0 Å². The highest BCUT2D eigenvalue weighted by atomic mass is 79.9. The smallest absolute Gasteiger partial charge is 0.233 e. The second kappa shape index (κ2) is 6.61. The van der Waals surface area contributed by atoms with Gasteiger partial charge in [-0.1, -0.05) is 0 Å². The van der Waals surface area contributed by atoms with Crippen LogP contribution in [-0.2, 0) is 11.3 Å². The van der Waals surface area contributed by atoms with Gasteiger partial charge in [-0.05, 0) is 40.7 Å². The molecule has 0 unspecified atom stereocenters. The van der Waals surface area contributed by atoms with E-state index in [4.69, 9.17) is 4.74 Å². The Hall–Kier alpha value is -1.27. The molecule has 100 valence electrons. The summed E-state index contributed by atoms with van der Waals surface area (Å²) < 4.78 is 5.65. The summed E-state index contributed by atoms with van der Waals surface area (Å²) in [6, 6.07) is 3.55. The van der Waals surface area contributed by atoms with Crippen LogP contribution in [0.5, 0.6) is 11.5 Å². The number of carbonyl (C=O) groups excluding carboxylic acids is 1. The van der Waals surface area contributed by atoms with Crippen molar-refractivity contribution in [3.05, 3.63) is 22.2 Å². The average Bonchev–Trinajstić information content (AvgIpc) is 2.33. The summed E-state index contributed by atoms with van der Waals surface area (Å²) in [7, 11) is 4.96. The van der Waals surface area contributed by atoms with Gasteiger partial charge in [0.1, 0.15) is 0 Å². The summed E-state index contributed by atoms with van der Waals surface area (Å²) in [5, 5.41) is 12.3. The van der Waals surface area contributed by atoms with Gasteiger partial charge in [0.15, 0.2) is 11.5 Å². The number of carbonyl (C=O) groups is 1. The number of rotatable bonds is 5. The van der Waals surface area contributed by atoms with E-state index in [0.717, 1.165) is 5.56 Å². The van der Waals surface area contributed by atoms with E-state index < -0.39 is 0 Å². The molecule has 0 spiro atoms. The number of amides is 1. The van der Waals surface area contributed by atoms with Crippen LogP contribution in [0.25, 0.3) is 0 Å². The fraction of sp³-hybridized carbons (Fsp3) is 0.417. The third-order valence-corrected chi connectivity index (χ3v) is 3.06. The molecule has 1 aromatic rings. The predicted octanol–water partition coefficient (Wildman–Crippen LogP) is 1.34. The summed E-state index contributed by atoms with van der Waals surface area (Å²) in [6.45, 7) is 0.903. The Morgan fingerprint density at radius 3 is 2.78 bits per heavy atom. The molecule has 0 saturated heterocycles. The van der Waals surface area contributed by atoms with E-state index in [1.54, 1.807) is 19.2 Å². The quantitative estimate of drug-likeness (QED) is 0.860. The fourth-order valence-corrected chi connectivity index (χ4v) is 2.06. The number of likely N-dealkylation sites (N-methyl/N-ethyl adjacent to an activating group) is 2. The summed E-state index contributed by atoms with van der Waals surface area (Å²) in [6.07, 6.45) is 0. The molecule has 0 heterocycles. The Morgan fingerprint density at radius 1 is 1.56 bits per heavy atom. The van der Waals surface area contributed by atoms with Crippen molar-refractivity contribution in [2.75, 3.05) is 27.7 Å². The highest BCUT2D eigenvalue weighted by Gasteiger charge is 2.11. The second-order valence-electron chi connectivity index (χ2n) is 3.97. The molecule has 0 aromatic heterocycles. The lowest BCUT2D eigenvalue weighted by molar-refractivity contribution is -0.121. The number of phenols is 1. The van der Waals surface area contributed by atoms with E-state index in [0.29, 0.717) is 23.3 Å². The minimum atomic E-state index is -0.0395. The van der Waals surface area contributed by atoms with Gasteiger partial charge in [0.25, 0.3) is 0 Å². The summed E-state index contributed by atoms with van der Waals surface area (Å²) in [5.41, 5.74) is 0.947. The molecule has 6 heteroatoms. The van der Waals surface area contributed by atoms with E-state index in [1.807, 2.05) is 11.9 Å². The normalized spacial score (nSPS) is 10.5. The van der Waals surface area contributed by atoms with Crippen molar-refractivity contribution in [1.29, 1.82) is 0 Å². The zero-order valence-electron chi connectivity index (χ0n) is 10.7. The Kier molecular flexibility index (Phi) is 5.43. The van der Waals surface area contributed by atoms with E-state index in [9.17, 15) is 9.90 Å². The first-order valence-electron chi connectivity index (χ1n) is 5.42. The molecule has 0 aliphatic rings. The molecular formula is C12H17BrN2O3. The Labute approximate surface area is 115 Å². The minimum absolute atomic E-state index is 0.0395. The molecule has 18 heavy (non-hydrogen) atoms. The number of benzene rings is 1. The van der Waals surface area contributed by atoms with E-state index in [1.165, 1.54) is 7.11 Å². The van der Waals surface area contributed by atoms with E-state index in [-0.39, 0.29) is 11.7 Å². The van der Waals surface area contributed by atoms with Crippen LogP contribution in [0.15, 0.2) is 16.6 Å². The molecule has 0 radical (unpaired) electrons. The molecule has 0 aliphatic heterocycles. The van der Waals surface area contributed by atoms with Crippen molar-refractivity contribution in [2.45, 2.75) is 6.54 Å². The lowest BCUT2D eigenvalue weighted by atomic mass is 10.2. The predicted molar refractivity (Wildman–Crippen MR) is 72.8 cm³/mol. The molecule has 1 rings (SSSR count). The van der Waals surface area contributed by atoms with Gasteiger partial charge in [-0.25, -0.2) is 0 Å². The van der Waals surface area contributed by atoms with Gasteiger partial charge in [-0.3, -0.25) is 9.69 Å². The van der Waals surface area contributed by atoms with E-state index >= 15 is 0 Å². The maximum Gasteiger partial charge on any atom is 0.233 e. The largest absolute Gasteiger partial charge is 0.503 e. The molecule has 1 aromatic carbocycles. The zero-order valence-corrected chi connectivity index (χ0v) is 12.2. The molecule has 0 saturated carbocycles. The number of hydrogen-bond acceptors (Lipinski definition) is 4. The SMILES string of the molecule is CNC(=O)CN(C)Cc1cc(Br)c(O)c(OC)c1. The lowest BCUT2D eigenvalue weighted by Gasteiger charge is -2.16. The number of aromatic hydroxyl groups is 1. The molecule has 0 atom stereocenters. The first-order chi connectivity index (χ1) is 8.47. The highest BCUT2D eigenvalue weighted by Crippen LogP contribution is 2.35. The molecule has 0 bridgehead atoms. The van der Waals surface area contributed by atoms with Crippen LogP contribution in [0.4, 0.5) is 0 Å². The van der Waals surface area contributed by atoms with Gasteiger partial charge in [0.2, 0.25) is 5.91 Å². The van der Waals surface area contributed by atoms with Gasteiger partial charge < -0.3 is 15.2 Å². The lowest BCUT2D eigenvalue weighted by Crippen LogP contribution is -2.32. The first kappa shape index (κ1) is 14.8. The number of methoxy groups -OCH3 is 1. The van der Waals surface area contributed by atoms with Crippen LogP contribution >= 0.6 is 15.9 Å². The van der Waals surface area contributed by atoms with Crippen molar-refractivity contribution in [1.82, 2.24) is 10.2 Å². The van der Waals surface area contributed by atoms with Crippen molar-refractivity contribution in [2.24, 2.45) is 0 Å². The molecule has 1 amide bonds. The van der Waals surface area contributed by atoms with E-state index in [2.05, 4.69) is 21.2 Å². The first-order valence-corrected chi connectivity index (χ1v) is 6.21. The van der Waals surface area contributed by atoms with Crippen LogP contribution in [0.1, 0.15) is 5.56 Å². The molecule has 0 fully saturated rings. The summed E-state index contributed by atoms with van der Waals surface area (Å²) in [5.74, 6) is 0.449. The average molecular weight is 317 g/mol. The van der Waals surface area contributed by atoms with Crippen LogP contribution in [0, 0.1) is 0 Å².